The lowest BCUT2D eigenvalue weighted by Gasteiger charge is -2.19. The number of benzene rings is 1. The van der Waals surface area contributed by atoms with Gasteiger partial charge in [0.25, 0.3) is 0 Å². The molecule has 0 heterocycles. The van der Waals surface area contributed by atoms with Crippen LogP contribution >= 0.6 is 0 Å². The highest BCUT2D eigenvalue weighted by molar-refractivity contribution is 5.73. The van der Waals surface area contributed by atoms with Crippen LogP contribution in [0.25, 0.3) is 0 Å². The minimum Gasteiger partial charge on any atom is -0.493 e. The van der Waals surface area contributed by atoms with E-state index in [1.165, 1.54) is 5.56 Å². The minimum atomic E-state index is -0.731. The number of carbonyl (C=O) groups is 1. The van der Waals surface area contributed by atoms with E-state index in [9.17, 15) is 4.79 Å². The highest BCUT2D eigenvalue weighted by Gasteiger charge is 2.25. The molecule has 1 atom stereocenters. The molecule has 0 spiro atoms. The zero-order valence-corrected chi connectivity index (χ0v) is 13.7. The number of aliphatic carboxylic acids is 1. The molecule has 0 aliphatic carbocycles. The second-order valence-electron chi connectivity index (χ2n) is 6.34. The number of carboxylic acids is 1. The van der Waals surface area contributed by atoms with Crippen molar-refractivity contribution in [3.8, 4) is 5.75 Å². The molecule has 118 valence electrons. The van der Waals surface area contributed by atoms with Gasteiger partial charge in [-0.2, -0.15) is 0 Å². The number of hydrogen-bond acceptors (Lipinski definition) is 2. The zero-order chi connectivity index (χ0) is 15.9. The summed E-state index contributed by atoms with van der Waals surface area (Å²) in [6.07, 6.45) is 3.52. The van der Waals surface area contributed by atoms with Crippen LogP contribution in [0.1, 0.15) is 64.9 Å². The molecule has 0 aliphatic heterocycles. The largest absolute Gasteiger partial charge is 0.493 e. The van der Waals surface area contributed by atoms with Gasteiger partial charge in [-0.05, 0) is 57.1 Å². The van der Waals surface area contributed by atoms with E-state index in [2.05, 4.69) is 19.9 Å². The molecule has 0 aliphatic rings. The standard InChI is InChI=1S/C18H28O3/c1-5-14(2)15-10-6-7-11-16(15)21-13-9-8-12-18(3,4)17(19)20/h6-7,10-11,14H,5,8-9,12-13H2,1-4H3,(H,19,20). The summed E-state index contributed by atoms with van der Waals surface area (Å²) < 4.78 is 5.89. The number of hydrogen-bond donors (Lipinski definition) is 1. The first kappa shape index (κ1) is 17.5. The first-order valence-electron chi connectivity index (χ1n) is 7.83. The van der Waals surface area contributed by atoms with Gasteiger partial charge in [0.1, 0.15) is 5.75 Å². The van der Waals surface area contributed by atoms with E-state index in [1.807, 2.05) is 18.2 Å². The van der Waals surface area contributed by atoms with Crippen molar-refractivity contribution in [3.05, 3.63) is 29.8 Å². The number of para-hydroxylation sites is 1. The highest BCUT2D eigenvalue weighted by Crippen LogP contribution is 2.29. The van der Waals surface area contributed by atoms with Crippen molar-refractivity contribution in [2.24, 2.45) is 5.41 Å². The highest BCUT2D eigenvalue weighted by atomic mass is 16.5. The van der Waals surface area contributed by atoms with Crippen molar-refractivity contribution in [2.45, 2.75) is 59.3 Å². The molecule has 3 nitrogen and oxygen atoms in total. The van der Waals surface area contributed by atoms with Gasteiger partial charge in [-0.25, -0.2) is 0 Å². The van der Waals surface area contributed by atoms with E-state index in [0.717, 1.165) is 25.0 Å². The van der Waals surface area contributed by atoms with Gasteiger partial charge >= 0.3 is 5.97 Å². The molecule has 0 aromatic heterocycles. The van der Waals surface area contributed by atoms with Gasteiger partial charge in [-0.1, -0.05) is 32.0 Å². The van der Waals surface area contributed by atoms with Gasteiger partial charge in [0.2, 0.25) is 0 Å². The maximum atomic E-state index is 11.0. The first-order valence-corrected chi connectivity index (χ1v) is 7.83. The molecular weight excluding hydrogens is 264 g/mol. The Labute approximate surface area is 128 Å². The molecular formula is C18H28O3. The van der Waals surface area contributed by atoms with Crippen LogP contribution in [0.5, 0.6) is 5.75 Å². The van der Waals surface area contributed by atoms with Gasteiger partial charge < -0.3 is 9.84 Å². The summed E-state index contributed by atoms with van der Waals surface area (Å²) in [5.41, 5.74) is 0.611. The quantitative estimate of drug-likeness (QED) is 0.661. The molecule has 1 rings (SSSR count). The lowest BCUT2D eigenvalue weighted by molar-refractivity contribution is -0.147. The Morgan fingerprint density at radius 1 is 1.29 bits per heavy atom. The minimum absolute atomic E-state index is 0.493. The molecule has 0 radical (unpaired) electrons. The van der Waals surface area contributed by atoms with E-state index in [-0.39, 0.29) is 0 Å². The molecule has 0 saturated heterocycles. The van der Waals surface area contributed by atoms with Gasteiger partial charge in [0, 0.05) is 0 Å². The van der Waals surface area contributed by atoms with Crippen LogP contribution in [0.15, 0.2) is 24.3 Å². The van der Waals surface area contributed by atoms with Crippen LogP contribution in [-0.2, 0) is 4.79 Å². The van der Waals surface area contributed by atoms with Crippen LogP contribution in [-0.4, -0.2) is 17.7 Å². The van der Waals surface area contributed by atoms with Crippen LogP contribution < -0.4 is 4.74 Å². The molecule has 0 bridgehead atoms. The average molecular weight is 292 g/mol. The van der Waals surface area contributed by atoms with E-state index < -0.39 is 11.4 Å². The third-order valence-corrected chi connectivity index (χ3v) is 4.09. The van der Waals surface area contributed by atoms with Crippen LogP contribution in [0.3, 0.4) is 0 Å². The van der Waals surface area contributed by atoms with E-state index >= 15 is 0 Å². The van der Waals surface area contributed by atoms with Gasteiger partial charge in [-0.3, -0.25) is 4.79 Å². The first-order chi connectivity index (χ1) is 9.88. The van der Waals surface area contributed by atoms with Gasteiger partial charge in [0.15, 0.2) is 0 Å². The summed E-state index contributed by atoms with van der Waals surface area (Å²) in [6.45, 7) is 8.57. The third kappa shape index (κ3) is 5.41. The monoisotopic (exact) mass is 292 g/mol. The summed E-state index contributed by atoms with van der Waals surface area (Å²) in [7, 11) is 0. The fraction of sp³-hybridized carbons (Fsp3) is 0.611. The molecule has 21 heavy (non-hydrogen) atoms. The average Bonchev–Trinajstić information content (AvgIpc) is 2.46. The topological polar surface area (TPSA) is 46.5 Å². The van der Waals surface area contributed by atoms with E-state index in [4.69, 9.17) is 9.84 Å². The predicted octanol–water partition coefficient (Wildman–Crippen LogP) is 4.86. The van der Waals surface area contributed by atoms with Crippen molar-refractivity contribution in [2.75, 3.05) is 6.61 Å². The maximum absolute atomic E-state index is 11.0. The summed E-state index contributed by atoms with van der Waals surface area (Å²) in [6, 6.07) is 8.18. The maximum Gasteiger partial charge on any atom is 0.309 e. The zero-order valence-electron chi connectivity index (χ0n) is 13.7. The van der Waals surface area contributed by atoms with Crippen molar-refractivity contribution >= 4 is 5.97 Å². The normalized spacial score (nSPS) is 13.0. The van der Waals surface area contributed by atoms with Gasteiger partial charge in [-0.15, -0.1) is 0 Å². The number of rotatable bonds is 9. The molecule has 1 aromatic carbocycles. The molecule has 1 aromatic rings. The van der Waals surface area contributed by atoms with Crippen molar-refractivity contribution in [1.29, 1.82) is 0 Å². The number of carboxylic acid groups (broad SMARTS) is 1. The smallest absolute Gasteiger partial charge is 0.309 e. The molecule has 3 heteroatoms. The van der Waals surface area contributed by atoms with Crippen molar-refractivity contribution in [3.63, 3.8) is 0 Å². The molecule has 1 N–H and O–H groups in total. The molecule has 0 fully saturated rings. The second kappa shape index (κ2) is 8.06. The number of ether oxygens (including phenoxy) is 1. The Kier molecular flexibility index (Phi) is 6.73. The summed E-state index contributed by atoms with van der Waals surface area (Å²) in [4.78, 5) is 11.0. The number of unbranched alkanes of at least 4 members (excludes halogenated alkanes) is 1. The molecule has 0 amide bonds. The second-order valence-corrected chi connectivity index (χ2v) is 6.34. The fourth-order valence-corrected chi connectivity index (χ4v) is 2.20. The fourth-order valence-electron chi connectivity index (χ4n) is 2.20. The lowest BCUT2D eigenvalue weighted by Crippen LogP contribution is -2.23. The Morgan fingerprint density at radius 3 is 2.57 bits per heavy atom. The third-order valence-electron chi connectivity index (χ3n) is 4.09. The summed E-state index contributed by atoms with van der Waals surface area (Å²) in [5, 5.41) is 9.07. The Balaban J connectivity index is 2.42. The Hall–Kier alpha value is -1.51. The van der Waals surface area contributed by atoms with Crippen molar-refractivity contribution in [1.82, 2.24) is 0 Å². The van der Waals surface area contributed by atoms with Crippen LogP contribution in [0.4, 0.5) is 0 Å². The predicted molar refractivity (Wildman–Crippen MR) is 85.9 cm³/mol. The van der Waals surface area contributed by atoms with E-state index in [0.29, 0.717) is 18.9 Å². The summed E-state index contributed by atoms with van der Waals surface area (Å²) in [5.74, 6) is 0.724. The summed E-state index contributed by atoms with van der Waals surface area (Å²) >= 11 is 0. The Bertz CT molecular complexity index is 452. The molecule has 1 unspecified atom stereocenters. The van der Waals surface area contributed by atoms with Crippen molar-refractivity contribution < 1.29 is 14.6 Å². The Morgan fingerprint density at radius 2 is 1.95 bits per heavy atom. The van der Waals surface area contributed by atoms with Gasteiger partial charge in [0.05, 0.1) is 12.0 Å². The van der Waals surface area contributed by atoms with E-state index in [1.54, 1.807) is 13.8 Å². The van der Waals surface area contributed by atoms with Crippen LogP contribution in [0, 0.1) is 5.41 Å². The van der Waals surface area contributed by atoms with Crippen LogP contribution in [0.2, 0.25) is 0 Å². The molecule has 0 saturated carbocycles. The SMILES string of the molecule is CCC(C)c1ccccc1OCCCCC(C)(C)C(=O)O. The lowest BCUT2D eigenvalue weighted by atomic mass is 9.87.